The van der Waals surface area contributed by atoms with E-state index >= 15 is 0 Å². The molecule has 18 heavy (non-hydrogen) atoms. The van der Waals surface area contributed by atoms with E-state index in [1.54, 1.807) is 0 Å². The minimum absolute atomic E-state index is 0.518. The van der Waals surface area contributed by atoms with Crippen molar-refractivity contribution in [2.75, 3.05) is 5.73 Å². The van der Waals surface area contributed by atoms with Crippen LogP contribution in [0.25, 0.3) is 11.3 Å². The van der Waals surface area contributed by atoms with Gasteiger partial charge in [0.15, 0.2) is 0 Å². The zero-order valence-electron chi connectivity index (χ0n) is 10.1. The molecule has 1 saturated carbocycles. The van der Waals surface area contributed by atoms with Gasteiger partial charge < -0.3 is 5.73 Å². The third-order valence-electron chi connectivity index (χ3n) is 3.55. The lowest BCUT2D eigenvalue weighted by atomic mass is 9.96. The Morgan fingerprint density at radius 2 is 2.11 bits per heavy atom. The monoisotopic (exact) mass is 281 g/mol. The molecule has 3 nitrogen and oxygen atoms in total. The van der Waals surface area contributed by atoms with E-state index in [2.05, 4.69) is 9.78 Å². The summed E-state index contributed by atoms with van der Waals surface area (Å²) in [5.41, 5.74) is 8.70. The first-order valence-electron chi connectivity index (χ1n) is 6.33. The smallest absolute Gasteiger partial charge is 0.116 e. The number of nitrogens with zero attached hydrogens (tertiary/aromatic N) is 2. The lowest BCUT2D eigenvalue weighted by molar-refractivity contribution is 0.330. The Labute approximate surface area is 116 Å². The van der Waals surface area contributed by atoms with E-state index in [9.17, 15) is 0 Å². The molecule has 96 valence electrons. The number of aromatic nitrogens is 2. The molecular weight excluding hydrogens is 266 g/mol. The SMILES string of the molecule is Nc1cn(C2CCCCC2)nc1-c1csc(Cl)c1. The van der Waals surface area contributed by atoms with E-state index in [1.165, 1.54) is 43.4 Å². The minimum atomic E-state index is 0.518. The zero-order valence-corrected chi connectivity index (χ0v) is 11.7. The summed E-state index contributed by atoms with van der Waals surface area (Å²) in [4.78, 5) is 0. The summed E-state index contributed by atoms with van der Waals surface area (Å²) >= 11 is 7.47. The van der Waals surface area contributed by atoms with Crippen LogP contribution < -0.4 is 5.73 Å². The minimum Gasteiger partial charge on any atom is -0.396 e. The van der Waals surface area contributed by atoms with E-state index in [4.69, 9.17) is 17.3 Å². The van der Waals surface area contributed by atoms with Crippen LogP contribution in [0.1, 0.15) is 38.1 Å². The molecule has 0 amide bonds. The summed E-state index contributed by atoms with van der Waals surface area (Å²) in [5, 5.41) is 6.66. The van der Waals surface area contributed by atoms with Crippen LogP contribution in [-0.2, 0) is 0 Å². The van der Waals surface area contributed by atoms with Gasteiger partial charge in [-0.2, -0.15) is 5.10 Å². The summed E-state index contributed by atoms with van der Waals surface area (Å²) in [6, 6.07) is 2.44. The molecule has 5 heteroatoms. The largest absolute Gasteiger partial charge is 0.396 e. The van der Waals surface area contributed by atoms with Crippen LogP contribution in [0.2, 0.25) is 4.34 Å². The van der Waals surface area contributed by atoms with E-state index in [-0.39, 0.29) is 0 Å². The Bertz CT molecular complexity index is 540. The van der Waals surface area contributed by atoms with Gasteiger partial charge >= 0.3 is 0 Å². The molecule has 0 aliphatic heterocycles. The Morgan fingerprint density at radius 3 is 2.78 bits per heavy atom. The zero-order chi connectivity index (χ0) is 12.5. The number of anilines is 1. The molecule has 0 bridgehead atoms. The standard InChI is InChI=1S/C13H16ClN3S/c14-12-6-9(8-18-12)13-11(15)7-17(16-13)10-4-2-1-3-5-10/h6-8,10H,1-5,15H2. The summed E-state index contributed by atoms with van der Waals surface area (Å²) in [6.45, 7) is 0. The molecule has 1 fully saturated rings. The van der Waals surface area contributed by atoms with Crippen LogP contribution in [0.4, 0.5) is 5.69 Å². The number of nitrogens with two attached hydrogens (primary N) is 1. The normalized spacial score (nSPS) is 17.2. The van der Waals surface area contributed by atoms with Crippen molar-refractivity contribution in [3.63, 3.8) is 0 Å². The molecule has 0 spiro atoms. The molecule has 2 heterocycles. The number of halogens is 1. The van der Waals surface area contributed by atoms with Gasteiger partial charge in [0.05, 0.1) is 16.1 Å². The molecule has 2 aromatic rings. The predicted octanol–water partition coefficient (Wildman–Crippen LogP) is 4.35. The van der Waals surface area contributed by atoms with Crippen LogP contribution in [0.5, 0.6) is 0 Å². The first-order valence-corrected chi connectivity index (χ1v) is 7.59. The third kappa shape index (κ3) is 2.27. The van der Waals surface area contributed by atoms with Gasteiger partial charge in [-0.1, -0.05) is 30.9 Å². The van der Waals surface area contributed by atoms with Crippen molar-refractivity contribution in [2.24, 2.45) is 0 Å². The quantitative estimate of drug-likeness (QED) is 0.889. The Hall–Kier alpha value is -1.00. The first kappa shape index (κ1) is 12.1. The maximum absolute atomic E-state index is 6.07. The molecule has 0 atom stereocenters. The summed E-state index contributed by atoms with van der Waals surface area (Å²) in [5.74, 6) is 0. The van der Waals surface area contributed by atoms with Gasteiger partial charge in [-0.15, -0.1) is 11.3 Å². The summed E-state index contributed by atoms with van der Waals surface area (Å²) in [7, 11) is 0. The van der Waals surface area contributed by atoms with Crippen molar-refractivity contribution < 1.29 is 0 Å². The second-order valence-electron chi connectivity index (χ2n) is 4.84. The van der Waals surface area contributed by atoms with Gasteiger partial charge in [0, 0.05) is 17.1 Å². The third-order valence-corrected chi connectivity index (χ3v) is 4.64. The Morgan fingerprint density at radius 1 is 1.33 bits per heavy atom. The van der Waals surface area contributed by atoms with Gasteiger partial charge in [0.1, 0.15) is 5.69 Å². The molecule has 1 aliphatic carbocycles. The summed E-state index contributed by atoms with van der Waals surface area (Å²) < 4.78 is 2.83. The molecule has 2 N–H and O–H groups in total. The van der Waals surface area contributed by atoms with Gasteiger partial charge in [0.25, 0.3) is 0 Å². The summed E-state index contributed by atoms with van der Waals surface area (Å²) in [6.07, 6.45) is 8.33. The fraction of sp³-hybridized carbons (Fsp3) is 0.462. The van der Waals surface area contributed by atoms with Crippen molar-refractivity contribution in [3.05, 3.63) is 22.0 Å². The van der Waals surface area contributed by atoms with Crippen LogP contribution in [0.15, 0.2) is 17.6 Å². The number of rotatable bonds is 2. The van der Waals surface area contributed by atoms with Crippen LogP contribution in [0.3, 0.4) is 0 Å². The van der Waals surface area contributed by atoms with Gasteiger partial charge in [-0.25, -0.2) is 0 Å². The van der Waals surface area contributed by atoms with Crippen molar-refractivity contribution in [3.8, 4) is 11.3 Å². The highest BCUT2D eigenvalue weighted by molar-refractivity contribution is 7.14. The molecular formula is C13H16ClN3S. The molecule has 0 radical (unpaired) electrons. The van der Waals surface area contributed by atoms with Crippen LogP contribution >= 0.6 is 22.9 Å². The maximum Gasteiger partial charge on any atom is 0.116 e. The lowest BCUT2D eigenvalue weighted by Gasteiger charge is -2.21. The highest BCUT2D eigenvalue weighted by atomic mass is 35.5. The van der Waals surface area contributed by atoms with Gasteiger partial charge in [-0.05, 0) is 18.9 Å². The van der Waals surface area contributed by atoms with E-state index in [0.29, 0.717) is 6.04 Å². The molecule has 0 saturated heterocycles. The average molecular weight is 282 g/mol. The fourth-order valence-electron chi connectivity index (χ4n) is 2.60. The number of hydrogen-bond donors (Lipinski definition) is 1. The molecule has 0 aromatic carbocycles. The van der Waals surface area contributed by atoms with Gasteiger partial charge in [0.2, 0.25) is 0 Å². The number of nitrogen functional groups attached to an aromatic ring is 1. The van der Waals surface area contributed by atoms with Crippen LogP contribution in [-0.4, -0.2) is 9.78 Å². The van der Waals surface area contributed by atoms with Crippen molar-refractivity contribution in [1.82, 2.24) is 9.78 Å². The molecule has 2 aromatic heterocycles. The lowest BCUT2D eigenvalue weighted by Crippen LogP contribution is -2.13. The Kier molecular flexibility index (Phi) is 3.31. The fourth-order valence-corrected chi connectivity index (χ4v) is 3.46. The molecule has 3 rings (SSSR count). The molecule has 1 aliphatic rings. The average Bonchev–Trinajstić information content (AvgIpc) is 2.97. The second-order valence-corrected chi connectivity index (χ2v) is 6.39. The van der Waals surface area contributed by atoms with Crippen molar-refractivity contribution >= 4 is 28.6 Å². The highest BCUT2D eigenvalue weighted by Gasteiger charge is 2.18. The second kappa shape index (κ2) is 4.94. The van der Waals surface area contributed by atoms with E-state index in [0.717, 1.165) is 21.3 Å². The maximum atomic E-state index is 6.07. The number of hydrogen-bond acceptors (Lipinski definition) is 3. The predicted molar refractivity (Wildman–Crippen MR) is 77.1 cm³/mol. The molecule has 0 unspecified atom stereocenters. The number of thiophene rings is 1. The van der Waals surface area contributed by atoms with E-state index in [1.807, 2.05) is 17.6 Å². The van der Waals surface area contributed by atoms with E-state index < -0.39 is 0 Å². The Balaban J connectivity index is 1.90. The first-order chi connectivity index (χ1) is 8.74. The topological polar surface area (TPSA) is 43.8 Å². The van der Waals surface area contributed by atoms with Crippen molar-refractivity contribution in [1.29, 1.82) is 0 Å². The van der Waals surface area contributed by atoms with Crippen molar-refractivity contribution in [2.45, 2.75) is 38.1 Å². The highest BCUT2D eigenvalue weighted by Crippen LogP contribution is 2.34. The van der Waals surface area contributed by atoms with Gasteiger partial charge in [-0.3, -0.25) is 4.68 Å². The van der Waals surface area contributed by atoms with Crippen LogP contribution in [0, 0.1) is 0 Å².